The molecule has 0 spiro atoms. The molecule has 0 radical (unpaired) electrons. The zero-order valence-corrected chi connectivity index (χ0v) is 5.09. The van der Waals surface area contributed by atoms with E-state index in [-0.39, 0.29) is 12.0 Å². The molecular weight excluding hydrogens is 120 g/mol. The average molecular weight is 130 g/mol. The molecule has 0 aliphatic carbocycles. The van der Waals surface area contributed by atoms with Gasteiger partial charge in [-0.15, -0.1) is 0 Å². The fraction of sp³-hybridized carbons (Fsp3) is 0.800. The molecule has 0 aromatic rings. The predicted octanol–water partition coefficient (Wildman–Crippen LogP) is -0.845. The van der Waals surface area contributed by atoms with E-state index in [1.165, 1.54) is 0 Å². The third-order valence-corrected chi connectivity index (χ3v) is 1.41. The van der Waals surface area contributed by atoms with Crippen LogP contribution in [0.3, 0.4) is 0 Å². The zero-order chi connectivity index (χ0) is 6.69. The monoisotopic (exact) mass is 130 g/mol. The number of nitrogens with one attached hydrogen (secondary N) is 1. The van der Waals surface area contributed by atoms with E-state index in [0.29, 0.717) is 13.0 Å². The van der Waals surface area contributed by atoms with Crippen LogP contribution in [0.4, 0.5) is 0 Å². The van der Waals surface area contributed by atoms with E-state index < -0.39 is 0 Å². The van der Waals surface area contributed by atoms with E-state index in [4.69, 9.17) is 5.90 Å². The normalized spacial score (nSPS) is 27.7. The summed E-state index contributed by atoms with van der Waals surface area (Å²) in [6.07, 6.45) is 1.28. The van der Waals surface area contributed by atoms with E-state index >= 15 is 0 Å². The van der Waals surface area contributed by atoms with E-state index in [0.717, 1.165) is 6.42 Å². The van der Waals surface area contributed by atoms with Crippen molar-refractivity contribution in [3.05, 3.63) is 0 Å². The SMILES string of the molecule is NOC1CCC(=O)NC1. The summed E-state index contributed by atoms with van der Waals surface area (Å²) in [5, 5.41) is 2.64. The molecule has 9 heavy (non-hydrogen) atoms. The Kier molecular flexibility index (Phi) is 2.02. The Morgan fingerprint density at radius 1 is 1.78 bits per heavy atom. The standard InChI is InChI=1S/C5H10N2O2/c6-9-4-1-2-5(8)7-3-4/h4H,1-3,6H2,(H,7,8). The first-order valence-corrected chi connectivity index (χ1v) is 2.95. The molecule has 1 saturated heterocycles. The van der Waals surface area contributed by atoms with Crippen LogP contribution in [-0.4, -0.2) is 18.6 Å². The minimum atomic E-state index is 0.0164. The lowest BCUT2D eigenvalue weighted by Crippen LogP contribution is -2.40. The largest absolute Gasteiger partial charge is 0.353 e. The minimum Gasteiger partial charge on any atom is -0.353 e. The Labute approximate surface area is 53.3 Å². The summed E-state index contributed by atoms with van der Waals surface area (Å²) in [5.41, 5.74) is 0. The van der Waals surface area contributed by atoms with Crippen LogP contribution in [0, 0.1) is 0 Å². The Morgan fingerprint density at radius 3 is 3.00 bits per heavy atom. The number of hydrogen-bond donors (Lipinski definition) is 2. The van der Waals surface area contributed by atoms with Gasteiger partial charge in [-0.2, -0.15) is 0 Å². The van der Waals surface area contributed by atoms with Crippen LogP contribution in [0.5, 0.6) is 0 Å². The molecule has 0 aromatic heterocycles. The summed E-state index contributed by atoms with van der Waals surface area (Å²) in [6.45, 7) is 0.551. The van der Waals surface area contributed by atoms with Gasteiger partial charge in [0.2, 0.25) is 5.91 Å². The first-order valence-electron chi connectivity index (χ1n) is 2.95. The topological polar surface area (TPSA) is 64.3 Å². The molecule has 0 aromatic carbocycles. The predicted molar refractivity (Wildman–Crippen MR) is 31.3 cm³/mol. The van der Waals surface area contributed by atoms with Crippen molar-refractivity contribution in [3.8, 4) is 0 Å². The number of carbonyl (C=O) groups is 1. The summed E-state index contributed by atoms with van der Waals surface area (Å²) >= 11 is 0. The Balaban J connectivity index is 2.26. The van der Waals surface area contributed by atoms with E-state index in [9.17, 15) is 4.79 Å². The van der Waals surface area contributed by atoms with Crippen molar-refractivity contribution in [1.82, 2.24) is 5.32 Å². The molecule has 1 heterocycles. The van der Waals surface area contributed by atoms with Crippen LogP contribution in [0.1, 0.15) is 12.8 Å². The summed E-state index contributed by atoms with van der Waals surface area (Å²) < 4.78 is 0. The number of hydrogen-bond acceptors (Lipinski definition) is 3. The fourth-order valence-electron chi connectivity index (χ4n) is 0.826. The fourth-order valence-corrected chi connectivity index (χ4v) is 0.826. The first kappa shape index (κ1) is 6.51. The van der Waals surface area contributed by atoms with Gasteiger partial charge in [0, 0.05) is 13.0 Å². The molecule has 1 atom stereocenters. The van der Waals surface area contributed by atoms with Gasteiger partial charge in [0.25, 0.3) is 0 Å². The second-order valence-corrected chi connectivity index (χ2v) is 2.10. The van der Waals surface area contributed by atoms with Gasteiger partial charge in [-0.25, -0.2) is 5.90 Å². The maximum Gasteiger partial charge on any atom is 0.220 e. The quantitative estimate of drug-likeness (QED) is 0.455. The third-order valence-electron chi connectivity index (χ3n) is 1.41. The second-order valence-electron chi connectivity index (χ2n) is 2.10. The molecule has 1 amide bonds. The third kappa shape index (κ3) is 1.65. The van der Waals surface area contributed by atoms with Crippen LogP contribution in [0.15, 0.2) is 0 Å². The molecule has 0 bridgehead atoms. The molecule has 4 heteroatoms. The van der Waals surface area contributed by atoms with Gasteiger partial charge in [-0.3, -0.25) is 9.63 Å². The van der Waals surface area contributed by atoms with Gasteiger partial charge in [0.15, 0.2) is 0 Å². The van der Waals surface area contributed by atoms with Gasteiger partial charge in [0.1, 0.15) is 0 Å². The van der Waals surface area contributed by atoms with Gasteiger partial charge in [-0.05, 0) is 6.42 Å². The molecule has 1 aliphatic rings. The van der Waals surface area contributed by atoms with Crippen molar-refractivity contribution >= 4 is 5.91 Å². The summed E-state index contributed by atoms with van der Waals surface area (Å²) in [6, 6.07) is 0. The van der Waals surface area contributed by atoms with Crippen LogP contribution in [0.2, 0.25) is 0 Å². The van der Waals surface area contributed by atoms with E-state index in [1.54, 1.807) is 0 Å². The van der Waals surface area contributed by atoms with Crippen molar-refractivity contribution in [3.63, 3.8) is 0 Å². The van der Waals surface area contributed by atoms with Gasteiger partial charge in [-0.1, -0.05) is 0 Å². The molecule has 4 nitrogen and oxygen atoms in total. The molecule has 1 rings (SSSR count). The van der Waals surface area contributed by atoms with Crippen LogP contribution in [-0.2, 0) is 9.63 Å². The summed E-state index contributed by atoms with van der Waals surface area (Å²) in [4.78, 5) is 15.0. The highest BCUT2D eigenvalue weighted by atomic mass is 16.6. The van der Waals surface area contributed by atoms with Crippen molar-refractivity contribution in [2.24, 2.45) is 5.90 Å². The van der Waals surface area contributed by atoms with Crippen molar-refractivity contribution in [1.29, 1.82) is 0 Å². The summed E-state index contributed by atoms with van der Waals surface area (Å²) in [7, 11) is 0. The van der Waals surface area contributed by atoms with Gasteiger partial charge < -0.3 is 5.32 Å². The molecule has 52 valence electrons. The molecule has 0 saturated carbocycles. The van der Waals surface area contributed by atoms with E-state index in [1.807, 2.05) is 0 Å². The van der Waals surface area contributed by atoms with Crippen LogP contribution < -0.4 is 11.2 Å². The molecule has 3 N–H and O–H groups in total. The Morgan fingerprint density at radius 2 is 2.56 bits per heavy atom. The zero-order valence-electron chi connectivity index (χ0n) is 5.09. The number of amides is 1. The highest BCUT2D eigenvalue weighted by molar-refractivity contribution is 5.76. The lowest BCUT2D eigenvalue weighted by atomic mass is 10.1. The molecular formula is C5H10N2O2. The summed E-state index contributed by atoms with van der Waals surface area (Å²) in [5.74, 6) is 4.98. The molecule has 1 fully saturated rings. The average Bonchev–Trinajstić information content (AvgIpc) is 1.90. The number of nitrogens with two attached hydrogens (primary N) is 1. The number of carbonyl (C=O) groups excluding carboxylic acids is 1. The van der Waals surface area contributed by atoms with Crippen molar-refractivity contribution < 1.29 is 9.63 Å². The maximum absolute atomic E-state index is 10.5. The Hall–Kier alpha value is -0.610. The van der Waals surface area contributed by atoms with Gasteiger partial charge in [0.05, 0.1) is 6.10 Å². The first-order chi connectivity index (χ1) is 4.33. The Bertz CT molecular complexity index is 106. The van der Waals surface area contributed by atoms with Crippen LogP contribution in [0.25, 0.3) is 0 Å². The minimum absolute atomic E-state index is 0.0164. The van der Waals surface area contributed by atoms with Crippen molar-refractivity contribution in [2.45, 2.75) is 18.9 Å². The highest BCUT2D eigenvalue weighted by Gasteiger charge is 2.16. The van der Waals surface area contributed by atoms with Gasteiger partial charge >= 0.3 is 0 Å². The number of rotatable bonds is 1. The lowest BCUT2D eigenvalue weighted by Gasteiger charge is -2.19. The highest BCUT2D eigenvalue weighted by Crippen LogP contribution is 2.03. The van der Waals surface area contributed by atoms with Crippen LogP contribution >= 0.6 is 0 Å². The smallest absolute Gasteiger partial charge is 0.220 e. The number of piperidine rings is 1. The van der Waals surface area contributed by atoms with E-state index in [2.05, 4.69) is 10.2 Å². The lowest BCUT2D eigenvalue weighted by molar-refractivity contribution is -0.124. The molecule has 1 aliphatic heterocycles. The maximum atomic E-state index is 10.5. The molecule has 1 unspecified atom stereocenters. The second kappa shape index (κ2) is 2.80. The van der Waals surface area contributed by atoms with Crippen molar-refractivity contribution in [2.75, 3.05) is 6.54 Å².